The van der Waals surface area contributed by atoms with E-state index in [1.807, 2.05) is 13.0 Å². The maximum absolute atomic E-state index is 5.62. The van der Waals surface area contributed by atoms with Crippen molar-refractivity contribution in [1.82, 2.24) is 5.16 Å². The molecule has 0 aliphatic heterocycles. The lowest BCUT2D eigenvalue weighted by Crippen LogP contribution is -1.84. The fourth-order valence-electron chi connectivity index (χ4n) is 1.09. The van der Waals surface area contributed by atoms with Crippen molar-refractivity contribution in [2.75, 3.05) is 5.73 Å². The van der Waals surface area contributed by atoms with E-state index in [4.69, 9.17) is 14.7 Å². The third-order valence-electron chi connectivity index (χ3n) is 1.69. The number of furan rings is 1. The first-order chi connectivity index (χ1) is 6.18. The van der Waals surface area contributed by atoms with Crippen molar-refractivity contribution in [3.63, 3.8) is 0 Å². The summed E-state index contributed by atoms with van der Waals surface area (Å²) in [4.78, 5) is 0. The summed E-state index contributed by atoms with van der Waals surface area (Å²) in [7, 11) is 0. The smallest absolute Gasteiger partial charge is 0.225 e. The Balaban J connectivity index is 2.58. The minimum absolute atomic E-state index is 0.475. The lowest BCUT2D eigenvalue weighted by atomic mass is 10.2. The Kier molecular flexibility index (Phi) is 1.88. The number of nitrogen functional groups attached to an aromatic ring is 1. The van der Waals surface area contributed by atoms with E-state index in [9.17, 15) is 0 Å². The number of halogens is 1. The predicted octanol–water partition coefficient (Wildman–Crippen LogP) is 2.59. The van der Waals surface area contributed by atoms with Crippen molar-refractivity contribution in [3.8, 4) is 11.5 Å². The van der Waals surface area contributed by atoms with E-state index in [0.717, 1.165) is 5.56 Å². The van der Waals surface area contributed by atoms with Crippen LogP contribution in [0.5, 0.6) is 0 Å². The van der Waals surface area contributed by atoms with Gasteiger partial charge in [-0.3, -0.25) is 0 Å². The molecule has 2 rings (SSSR count). The topological polar surface area (TPSA) is 65.2 Å². The fraction of sp³-hybridized carbons (Fsp3) is 0.125. The summed E-state index contributed by atoms with van der Waals surface area (Å²) >= 11 is 3.22. The third-order valence-corrected chi connectivity index (χ3v) is 2.08. The normalized spacial score (nSPS) is 10.6. The standard InChI is InChI=1S/C8H7BrN2O2/c1-4-2-6(9)12-7(4)8-5(10)3-11-13-8/h2-3H,10H2,1H3. The van der Waals surface area contributed by atoms with Crippen LogP contribution in [0.25, 0.3) is 11.5 Å². The molecule has 0 aliphatic rings. The van der Waals surface area contributed by atoms with Crippen LogP contribution < -0.4 is 5.73 Å². The molecule has 0 bridgehead atoms. The molecule has 0 atom stereocenters. The highest BCUT2D eigenvalue weighted by atomic mass is 79.9. The van der Waals surface area contributed by atoms with E-state index in [0.29, 0.717) is 21.9 Å². The van der Waals surface area contributed by atoms with Gasteiger partial charge in [-0.25, -0.2) is 0 Å². The first-order valence-corrected chi connectivity index (χ1v) is 4.44. The zero-order chi connectivity index (χ0) is 9.42. The van der Waals surface area contributed by atoms with Gasteiger partial charge in [0.1, 0.15) is 5.69 Å². The zero-order valence-corrected chi connectivity index (χ0v) is 8.46. The van der Waals surface area contributed by atoms with Gasteiger partial charge >= 0.3 is 0 Å². The van der Waals surface area contributed by atoms with Gasteiger partial charge in [0.05, 0.1) is 6.20 Å². The summed E-state index contributed by atoms with van der Waals surface area (Å²) < 4.78 is 10.9. The molecule has 0 aromatic carbocycles. The number of rotatable bonds is 1. The molecule has 0 saturated carbocycles. The molecular weight excluding hydrogens is 236 g/mol. The Morgan fingerprint density at radius 3 is 2.69 bits per heavy atom. The first kappa shape index (κ1) is 8.37. The minimum atomic E-state index is 0.475. The monoisotopic (exact) mass is 242 g/mol. The lowest BCUT2D eigenvalue weighted by Gasteiger charge is -1.92. The molecule has 0 amide bonds. The SMILES string of the molecule is Cc1cc(Br)oc1-c1oncc1N. The lowest BCUT2D eigenvalue weighted by molar-refractivity contribution is 0.415. The van der Waals surface area contributed by atoms with Crippen LogP contribution in [0.4, 0.5) is 5.69 Å². The average molecular weight is 243 g/mol. The molecular formula is C8H7BrN2O2. The molecule has 0 saturated heterocycles. The van der Waals surface area contributed by atoms with Crippen LogP contribution in [0.15, 0.2) is 25.9 Å². The van der Waals surface area contributed by atoms with Crippen LogP contribution in [0.2, 0.25) is 0 Å². The van der Waals surface area contributed by atoms with Gasteiger partial charge in [-0.05, 0) is 28.9 Å². The Hall–Kier alpha value is -1.23. The second-order valence-corrected chi connectivity index (χ2v) is 3.45. The summed E-state index contributed by atoms with van der Waals surface area (Å²) in [6.07, 6.45) is 1.45. The highest BCUT2D eigenvalue weighted by Gasteiger charge is 2.15. The Labute approximate surface area is 82.8 Å². The largest absolute Gasteiger partial charge is 0.446 e. The summed E-state index contributed by atoms with van der Waals surface area (Å²) in [5.41, 5.74) is 7.05. The van der Waals surface area contributed by atoms with E-state index >= 15 is 0 Å². The van der Waals surface area contributed by atoms with Crippen LogP contribution in [0.1, 0.15) is 5.56 Å². The number of aryl methyl sites for hydroxylation is 1. The van der Waals surface area contributed by atoms with Crippen molar-refractivity contribution >= 4 is 21.6 Å². The average Bonchev–Trinajstić information content (AvgIpc) is 2.58. The van der Waals surface area contributed by atoms with E-state index in [-0.39, 0.29) is 0 Å². The molecule has 0 spiro atoms. The molecule has 0 radical (unpaired) electrons. The molecule has 2 aromatic rings. The van der Waals surface area contributed by atoms with Gasteiger partial charge < -0.3 is 14.7 Å². The van der Waals surface area contributed by atoms with E-state index in [1.54, 1.807) is 0 Å². The van der Waals surface area contributed by atoms with Crippen LogP contribution in [0.3, 0.4) is 0 Å². The number of hydrogen-bond acceptors (Lipinski definition) is 4. The summed E-state index contributed by atoms with van der Waals surface area (Å²) in [6, 6.07) is 1.84. The molecule has 68 valence electrons. The molecule has 2 N–H and O–H groups in total. The minimum Gasteiger partial charge on any atom is -0.446 e. The number of nitrogens with two attached hydrogens (primary N) is 1. The quantitative estimate of drug-likeness (QED) is 0.835. The molecule has 4 nitrogen and oxygen atoms in total. The first-order valence-electron chi connectivity index (χ1n) is 3.65. The molecule has 0 aliphatic carbocycles. The van der Waals surface area contributed by atoms with Crippen LogP contribution in [0, 0.1) is 6.92 Å². The van der Waals surface area contributed by atoms with Gasteiger partial charge in [0.2, 0.25) is 5.76 Å². The molecule has 0 fully saturated rings. The summed E-state index contributed by atoms with van der Waals surface area (Å²) in [5, 5.41) is 3.57. The van der Waals surface area contributed by atoms with Gasteiger partial charge in [-0.1, -0.05) is 5.16 Å². The van der Waals surface area contributed by atoms with Gasteiger partial charge in [-0.15, -0.1) is 0 Å². The molecule has 13 heavy (non-hydrogen) atoms. The second kappa shape index (κ2) is 2.92. The fourth-order valence-corrected chi connectivity index (χ4v) is 1.59. The van der Waals surface area contributed by atoms with Crippen LogP contribution in [-0.2, 0) is 0 Å². The van der Waals surface area contributed by atoms with Gasteiger partial charge in [-0.2, -0.15) is 0 Å². The highest BCUT2D eigenvalue weighted by molar-refractivity contribution is 9.10. The maximum atomic E-state index is 5.62. The number of nitrogens with zero attached hydrogens (tertiary/aromatic N) is 1. The Morgan fingerprint density at radius 1 is 1.46 bits per heavy atom. The molecule has 5 heteroatoms. The molecule has 2 heterocycles. The van der Waals surface area contributed by atoms with Crippen molar-refractivity contribution in [3.05, 3.63) is 22.5 Å². The Bertz CT molecular complexity index is 433. The summed E-state index contributed by atoms with van der Waals surface area (Å²) in [5.74, 6) is 1.09. The van der Waals surface area contributed by atoms with Crippen molar-refractivity contribution in [2.24, 2.45) is 0 Å². The number of anilines is 1. The number of hydrogen-bond donors (Lipinski definition) is 1. The zero-order valence-electron chi connectivity index (χ0n) is 6.87. The van der Waals surface area contributed by atoms with E-state index < -0.39 is 0 Å². The molecule has 2 aromatic heterocycles. The van der Waals surface area contributed by atoms with E-state index in [2.05, 4.69) is 21.1 Å². The van der Waals surface area contributed by atoms with Gasteiger partial charge in [0, 0.05) is 5.56 Å². The third kappa shape index (κ3) is 1.35. The Morgan fingerprint density at radius 2 is 2.23 bits per heavy atom. The molecule has 0 unspecified atom stereocenters. The van der Waals surface area contributed by atoms with Crippen LogP contribution >= 0.6 is 15.9 Å². The van der Waals surface area contributed by atoms with E-state index in [1.165, 1.54) is 6.20 Å². The van der Waals surface area contributed by atoms with Gasteiger partial charge in [0.15, 0.2) is 10.4 Å². The van der Waals surface area contributed by atoms with Crippen LogP contribution in [-0.4, -0.2) is 5.16 Å². The van der Waals surface area contributed by atoms with Gasteiger partial charge in [0.25, 0.3) is 0 Å². The van der Waals surface area contributed by atoms with Crippen molar-refractivity contribution in [1.29, 1.82) is 0 Å². The van der Waals surface area contributed by atoms with Crippen molar-refractivity contribution < 1.29 is 8.94 Å². The number of aromatic nitrogens is 1. The maximum Gasteiger partial charge on any atom is 0.225 e. The predicted molar refractivity (Wildman–Crippen MR) is 51.1 cm³/mol. The summed E-state index contributed by atoms with van der Waals surface area (Å²) in [6.45, 7) is 1.91. The highest BCUT2D eigenvalue weighted by Crippen LogP contribution is 2.32. The van der Waals surface area contributed by atoms with Crippen molar-refractivity contribution in [2.45, 2.75) is 6.92 Å². The second-order valence-electron chi connectivity index (χ2n) is 2.67.